The molecule has 0 aliphatic carbocycles. The minimum absolute atomic E-state index is 0.0358. The van der Waals surface area contributed by atoms with Gasteiger partial charge in [0.15, 0.2) is 11.6 Å². The average molecular weight is 316 g/mol. The fraction of sp³-hybridized carbons (Fsp3) is 0.529. The first-order chi connectivity index (χ1) is 11.2. The van der Waals surface area contributed by atoms with Crippen molar-refractivity contribution in [3.8, 4) is 11.5 Å². The molecule has 1 saturated heterocycles. The molecule has 0 spiro atoms. The van der Waals surface area contributed by atoms with E-state index < -0.39 is 0 Å². The van der Waals surface area contributed by atoms with Crippen LogP contribution >= 0.6 is 0 Å². The van der Waals surface area contributed by atoms with Crippen LogP contribution in [0.3, 0.4) is 0 Å². The number of hydrogen-bond donors (Lipinski definition) is 0. The molecule has 23 heavy (non-hydrogen) atoms. The SMILES string of the molecule is Cc1nc2ccc3c(c2o1)OC(CN1CCC(C=O)CC1)CO3. The number of aldehydes is 1. The first kappa shape index (κ1) is 14.5. The molecule has 1 unspecified atom stereocenters. The maximum Gasteiger partial charge on any atom is 0.207 e. The van der Waals surface area contributed by atoms with Gasteiger partial charge in [0, 0.05) is 19.4 Å². The third kappa shape index (κ3) is 2.79. The normalized spacial score (nSPS) is 22.4. The van der Waals surface area contributed by atoms with E-state index in [2.05, 4.69) is 9.88 Å². The molecule has 1 atom stereocenters. The van der Waals surface area contributed by atoms with Crippen LogP contribution in [0, 0.1) is 12.8 Å². The topological polar surface area (TPSA) is 64.8 Å². The average Bonchev–Trinajstić information content (AvgIpc) is 2.96. The minimum Gasteiger partial charge on any atom is -0.486 e. The van der Waals surface area contributed by atoms with E-state index in [0.717, 1.165) is 44.3 Å². The van der Waals surface area contributed by atoms with Crippen LogP contribution in [-0.4, -0.2) is 48.5 Å². The zero-order valence-corrected chi connectivity index (χ0v) is 13.2. The van der Waals surface area contributed by atoms with Crippen molar-refractivity contribution >= 4 is 17.4 Å². The molecule has 6 heteroatoms. The maximum absolute atomic E-state index is 10.8. The van der Waals surface area contributed by atoms with Gasteiger partial charge in [0.05, 0.1) is 0 Å². The maximum atomic E-state index is 10.8. The highest BCUT2D eigenvalue weighted by Crippen LogP contribution is 2.39. The molecule has 2 aliphatic rings. The highest BCUT2D eigenvalue weighted by Gasteiger charge is 2.28. The van der Waals surface area contributed by atoms with Gasteiger partial charge in [-0.05, 0) is 38.1 Å². The standard InChI is InChI=1S/C17H20N2O4/c1-11-18-14-2-3-15-17(16(14)22-11)23-13(10-21-15)8-19-6-4-12(9-20)5-7-19/h2-3,9,12-13H,4-8,10H2,1H3. The van der Waals surface area contributed by atoms with Crippen molar-refractivity contribution in [3.05, 3.63) is 18.0 Å². The summed E-state index contributed by atoms with van der Waals surface area (Å²) in [5.41, 5.74) is 1.45. The predicted octanol–water partition coefficient (Wildman–Crippen LogP) is 2.19. The molecule has 0 N–H and O–H groups in total. The number of fused-ring (bicyclic) bond motifs is 3. The second kappa shape index (κ2) is 5.85. The number of aryl methyl sites for hydroxylation is 1. The van der Waals surface area contributed by atoms with Crippen LogP contribution in [0.25, 0.3) is 11.1 Å². The lowest BCUT2D eigenvalue weighted by molar-refractivity contribution is -0.112. The van der Waals surface area contributed by atoms with E-state index in [9.17, 15) is 4.79 Å². The Hall–Kier alpha value is -2.08. The van der Waals surface area contributed by atoms with E-state index in [1.54, 1.807) is 0 Å². The zero-order valence-electron chi connectivity index (χ0n) is 13.2. The van der Waals surface area contributed by atoms with Gasteiger partial charge in [0.2, 0.25) is 11.3 Å². The third-order valence-electron chi connectivity index (χ3n) is 4.58. The van der Waals surface area contributed by atoms with Crippen LogP contribution in [0.15, 0.2) is 16.5 Å². The molecule has 1 fully saturated rings. The summed E-state index contributed by atoms with van der Waals surface area (Å²) >= 11 is 0. The van der Waals surface area contributed by atoms with E-state index in [0.29, 0.717) is 29.6 Å². The molecular formula is C17H20N2O4. The van der Waals surface area contributed by atoms with Crippen molar-refractivity contribution < 1.29 is 18.7 Å². The summed E-state index contributed by atoms with van der Waals surface area (Å²) in [6.45, 7) is 5.02. The summed E-state index contributed by atoms with van der Waals surface area (Å²) in [4.78, 5) is 17.5. The molecule has 0 bridgehead atoms. The Bertz CT molecular complexity index is 719. The van der Waals surface area contributed by atoms with Gasteiger partial charge in [-0.1, -0.05) is 0 Å². The van der Waals surface area contributed by atoms with Crippen molar-refractivity contribution in [3.63, 3.8) is 0 Å². The van der Waals surface area contributed by atoms with Crippen molar-refractivity contribution in [1.29, 1.82) is 0 Å². The van der Waals surface area contributed by atoms with Gasteiger partial charge in [-0.15, -0.1) is 0 Å². The number of oxazole rings is 1. The molecule has 6 nitrogen and oxygen atoms in total. The van der Waals surface area contributed by atoms with Gasteiger partial charge in [-0.3, -0.25) is 4.90 Å². The number of rotatable bonds is 3. The summed E-state index contributed by atoms with van der Waals surface area (Å²) in [6, 6.07) is 3.77. The number of carbonyl (C=O) groups is 1. The zero-order chi connectivity index (χ0) is 15.8. The number of piperidine rings is 1. The van der Waals surface area contributed by atoms with Gasteiger partial charge in [0.1, 0.15) is 24.5 Å². The van der Waals surface area contributed by atoms with Gasteiger partial charge in [-0.25, -0.2) is 4.98 Å². The Morgan fingerprint density at radius 1 is 1.35 bits per heavy atom. The highest BCUT2D eigenvalue weighted by molar-refractivity contribution is 5.83. The Labute approximate surface area is 134 Å². The first-order valence-electron chi connectivity index (χ1n) is 8.10. The third-order valence-corrected chi connectivity index (χ3v) is 4.58. The number of benzene rings is 1. The fourth-order valence-corrected chi connectivity index (χ4v) is 3.32. The second-order valence-electron chi connectivity index (χ2n) is 6.30. The molecule has 1 aromatic heterocycles. The van der Waals surface area contributed by atoms with Crippen molar-refractivity contribution in [2.45, 2.75) is 25.9 Å². The van der Waals surface area contributed by atoms with Crippen molar-refractivity contribution in [2.24, 2.45) is 5.92 Å². The Kier molecular flexibility index (Phi) is 3.69. The number of likely N-dealkylation sites (tertiary alicyclic amines) is 1. The molecule has 2 aromatic rings. The lowest BCUT2D eigenvalue weighted by Gasteiger charge is -2.34. The molecule has 0 radical (unpaired) electrons. The van der Waals surface area contributed by atoms with E-state index in [1.165, 1.54) is 0 Å². The van der Waals surface area contributed by atoms with Crippen LogP contribution in [0.5, 0.6) is 11.5 Å². The summed E-state index contributed by atoms with van der Waals surface area (Å²) in [5, 5.41) is 0. The van der Waals surface area contributed by atoms with Gasteiger partial charge in [0.25, 0.3) is 0 Å². The minimum atomic E-state index is -0.0358. The quantitative estimate of drug-likeness (QED) is 0.809. The number of ether oxygens (including phenoxy) is 2. The smallest absolute Gasteiger partial charge is 0.207 e. The van der Waals surface area contributed by atoms with Gasteiger partial charge >= 0.3 is 0 Å². The summed E-state index contributed by atoms with van der Waals surface area (Å²) in [6.07, 6.45) is 2.90. The molecule has 2 aliphatic heterocycles. The molecule has 3 heterocycles. The fourth-order valence-electron chi connectivity index (χ4n) is 3.32. The van der Waals surface area contributed by atoms with Crippen molar-refractivity contribution in [2.75, 3.05) is 26.2 Å². The molecule has 1 aromatic carbocycles. The van der Waals surface area contributed by atoms with Crippen LogP contribution in [0.1, 0.15) is 18.7 Å². The molecule has 0 saturated carbocycles. The Balaban J connectivity index is 1.48. The van der Waals surface area contributed by atoms with Crippen LogP contribution in [-0.2, 0) is 4.79 Å². The van der Waals surface area contributed by atoms with Gasteiger partial charge in [-0.2, -0.15) is 0 Å². The van der Waals surface area contributed by atoms with E-state index in [1.807, 2.05) is 19.1 Å². The Morgan fingerprint density at radius 3 is 2.96 bits per heavy atom. The number of carbonyl (C=O) groups excluding carboxylic acids is 1. The monoisotopic (exact) mass is 316 g/mol. The Morgan fingerprint density at radius 2 is 2.17 bits per heavy atom. The summed E-state index contributed by atoms with van der Waals surface area (Å²) in [7, 11) is 0. The second-order valence-corrected chi connectivity index (χ2v) is 6.30. The lowest BCUT2D eigenvalue weighted by atomic mass is 9.98. The molecule has 122 valence electrons. The molecule has 0 amide bonds. The molecule has 4 rings (SSSR count). The summed E-state index contributed by atoms with van der Waals surface area (Å²) in [5.74, 6) is 2.20. The highest BCUT2D eigenvalue weighted by atomic mass is 16.6. The van der Waals surface area contributed by atoms with E-state index >= 15 is 0 Å². The number of nitrogens with zero attached hydrogens (tertiary/aromatic N) is 2. The van der Waals surface area contributed by atoms with Crippen LogP contribution in [0.2, 0.25) is 0 Å². The van der Waals surface area contributed by atoms with E-state index in [4.69, 9.17) is 13.9 Å². The lowest BCUT2D eigenvalue weighted by Crippen LogP contribution is -2.44. The van der Waals surface area contributed by atoms with Gasteiger partial charge < -0.3 is 18.7 Å². The largest absolute Gasteiger partial charge is 0.486 e. The summed E-state index contributed by atoms with van der Waals surface area (Å²) < 4.78 is 17.7. The molecular weight excluding hydrogens is 296 g/mol. The van der Waals surface area contributed by atoms with Crippen molar-refractivity contribution in [1.82, 2.24) is 9.88 Å². The first-order valence-corrected chi connectivity index (χ1v) is 8.10. The van der Waals surface area contributed by atoms with Crippen LogP contribution in [0.4, 0.5) is 0 Å². The predicted molar refractivity (Wildman–Crippen MR) is 83.9 cm³/mol. The van der Waals surface area contributed by atoms with E-state index in [-0.39, 0.29) is 12.0 Å². The number of hydrogen-bond acceptors (Lipinski definition) is 6. The van der Waals surface area contributed by atoms with Crippen LogP contribution < -0.4 is 9.47 Å². The number of aromatic nitrogens is 1.